The predicted molar refractivity (Wildman–Crippen MR) is 106 cm³/mol. The highest BCUT2D eigenvalue weighted by Crippen LogP contribution is 2.66. The van der Waals surface area contributed by atoms with Gasteiger partial charge >= 0.3 is 29.2 Å². The third-order valence-electron chi connectivity index (χ3n) is 4.10. The first-order valence-electron chi connectivity index (χ1n) is 8.22. The van der Waals surface area contributed by atoms with E-state index in [0.29, 0.717) is 0 Å². The Labute approximate surface area is 184 Å². The van der Waals surface area contributed by atoms with E-state index >= 15 is 0 Å². The Bertz CT molecular complexity index is 1060. The molecule has 0 aliphatic carbocycles. The number of nitrogen functional groups attached to an aromatic ring is 1. The van der Waals surface area contributed by atoms with Crippen LogP contribution in [0.4, 0.5) is 5.82 Å². The topological polar surface area (TPSA) is 250 Å². The molecule has 0 aromatic carbocycles. The first kappa shape index (κ1) is 27.3. The molecule has 6 unspecified atom stereocenters. The molecule has 2 rings (SSSR count). The summed E-state index contributed by atoms with van der Waals surface area (Å²) in [6.45, 7) is 2.49. The normalized spacial score (nSPS) is 29.9. The average Bonchev–Trinajstić information content (AvgIpc) is 2.89. The molecule has 0 saturated carbocycles. The summed E-state index contributed by atoms with van der Waals surface area (Å²) in [7, 11) is -16.9. The number of aromatic nitrogens is 2. The van der Waals surface area contributed by atoms with E-state index in [1.165, 1.54) is 18.3 Å². The van der Waals surface area contributed by atoms with Gasteiger partial charge in [-0.05, 0) is 6.07 Å². The molecule has 20 heteroatoms. The predicted octanol–water partition coefficient (Wildman–Crippen LogP) is -0.162. The van der Waals surface area contributed by atoms with Gasteiger partial charge in [-0.2, -0.15) is 13.6 Å². The number of nitrogens with two attached hydrogens (primary N) is 1. The van der Waals surface area contributed by atoms with Gasteiger partial charge in [-0.15, -0.1) is 18.2 Å². The molecule has 1 fully saturated rings. The maximum Gasteiger partial charge on any atom is 0.490 e. The van der Waals surface area contributed by atoms with Crippen molar-refractivity contribution in [1.82, 2.24) is 9.55 Å². The van der Waals surface area contributed by atoms with Gasteiger partial charge in [-0.3, -0.25) is 9.09 Å². The van der Waals surface area contributed by atoms with Crippen LogP contribution in [0.5, 0.6) is 0 Å². The van der Waals surface area contributed by atoms with Crippen LogP contribution in [0.3, 0.4) is 0 Å². The second kappa shape index (κ2) is 9.72. The zero-order chi connectivity index (χ0) is 24.5. The summed E-state index contributed by atoms with van der Waals surface area (Å²) in [4.78, 5) is 51.6. The first-order valence-corrected chi connectivity index (χ1v) is 13.3. The van der Waals surface area contributed by atoms with Crippen molar-refractivity contribution in [3.63, 3.8) is 0 Å². The third kappa shape index (κ3) is 6.55. The quantitative estimate of drug-likeness (QED) is 0.128. The molecule has 1 aliphatic heterocycles. The molecule has 0 spiro atoms. The van der Waals surface area contributed by atoms with Gasteiger partial charge in [-0.25, -0.2) is 18.5 Å². The van der Waals surface area contributed by atoms with E-state index in [2.05, 4.69) is 24.7 Å². The van der Waals surface area contributed by atoms with Crippen LogP contribution in [-0.4, -0.2) is 58.4 Å². The average molecular weight is 542 g/mol. The van der Waals surface area contributed by atoms with Crippen molar-refractivity contribution in [3.8, 4) is 0 Å². The van der Waals surface area contributed by atoms with Crippen LogP contribution in [-0.2, 0) is 31.6 Å². The van der Waals surface area contributed by atoms with Gasteiger partial charge in [0.15, 0.2) is 0 Å². The zero-order valence-corrected chi connectivity index (χ0v) is 19.2. The molecule has 0 bridgehead atoms. The molecule has 7 N–H and O–H groups in total. The van der Waals surface area contributed by atoms with Crippen molar-refractivity contribution in [2.45, 2.75) is 17.9 Å². The number of aliphatic hydroxyl groups is 1. The minimum atomic E-state index is -5.75. The highest BCUT2D eigenvalue weighted by Gasteiger charge is 2.55. The Morgan fingerprint density at radius 2 is 1.91 bits per heavy atom. The second-order valence-corrected chi connectivity index (χ2v) is 11.1. The fraction of sp³-hybridized carbons (Fsp3) is 0.500. The number of hydrogen-bond donors (Lipinski definition) is 6. The lowest BCUT2D eigenvalue weighted by molar-refractivity contribution is -0.112. The molecule has 0 amide bonds. The largest absolute Gasteiger partial charge is 0.490 e. The maximum absolute atomic E-state index is 12.2. The number of halogens is 1. The summed E-state index contributed by atoms with van der Waals surface area (Å²) in [5.41, 5.74) is 2.60. The summed E-state index contributed by atoms with van der Waals surface area (Å²) in [6, 6.07) is 1.27. The monoisotopic (exact) mass is 541 g/mol. The zero-order valence-electron chi connectivity index (χ0n) is 15.8. The lowest BCUT2D eigenvalue weighted by Crippen LogP contribution is -2.47. The Morgan fingerprint density at radius 1 is 1.28 bits per heavy atom. The molecular formula is C12H19ClN3O13P3. The Balaban J connectivity index is 2.26. The summed E-state index contributed by atoms with van der Waals surface area (Å²) >= 11 is 5.88. The molecule has 1 aliphatic rings. The lowest BCUT2D eigenvalue weighted by atomic mass is 9.91. The highest BCUT2D eigenvalue weighted by molar-refractivity contribution is 7.66. The Morgan fingerprint density at radius 3 is 2.41 bits per heavy atom. The summed E-state index contributed by atoms with van der Waals surface area (Å²) < 4.78 is 52.5. The van der Waals surface area contributed by atoms with Gasteiger partial charge in [0.1, 0.15) is 17.6 Å². The van der Waals surface area contributed by atoms with Crippen molar-refractivity contribution in [2.75, 3.05) is 18.2 Å². The van der Waals surface area contributed by atoms with Crippen molar-refractivity contribution < 1.29 is 56.3 Å². The second-order valence-electron chi connectivity index (χ2n) is 6.37. The van der Waals surface area contributed by atoms with Crippen molar-refractivity contribution in [3.05, 3.63) is 35.4 Å². The van der Waals surface area contributed by atoms with E-state index in [-0.39, 0.29) is 5.82 Å². The van der Waals surface area contributed by atoms with Gasteiger partial charge in [0.25, 0.3) is 0 Å². The number of alkyl halides is 1. The van der Waals surface area contributed by atoms with Crippen LogP contribution in [0, 0.1) is 5.92 Å². The minimum Gasteiger partial charge on any atom is -0.389 e. The van der Waals surface area contributed by atoms with E-state index in [1.807, 2.05) is 0 Å². The van der Waals surface area contributed by atoms with E-state index in [9.17, 15) is 33.4 Å². The molecule has 182 valence electrons. The Hall–Kier alpha value is -0.960. The van der Waals surface area contributed by atoms with Crippen LogP contribution in [0.2, 0.25) is 0 Å². The van der Waals surface area contributed by atoms with Gasteiger partial charge in [0.05, 0.1) is 24.5 Å². The van der Waals surface area contributed by atoms with E-state index in [0.717, 1.165) is 4.57 Å². The number of aliphatic hydroxyl groups excluding tert-OH is 1. The molecule has 2 heterocycles. The molecule has 32 heavy (non-hydrogen) atoms. The number of phosphoric acid groups is 3. The summed E-state index contributed by atoms with van der Waals surface area (Å²) in [5.74, 6) is -1.68. The number of phosphoric ester groups is 1. The standard InChI is InChI=1S/C12H19ClN3O13P3/c1-2-7-9(17)12(5-13,27-10(7)16-4-3-8(14)15-11(16)18)6-26-31(22,23)29-32(24,25)28-30(19,20)21/h2-4,7,9-10,17H,1,5-6H2,(H,22,23)(H,24,25)(H2,14,15,18)(H2,19,20,21). The van der Waals surface area contributed by atoms with Gasteiger partial charge in [-0.1, -0.05) is 6.08 Å². The SMILES string of the molecule is C=CC1C(n2ccc(N)nc2=O)OC(CCl)(COP(=O)(O)OP(=O)(O)OP(=O)(O)O)C1O. The smallest absolute Gasteiger partial charge is 0.389 e. The molecule has 16 nitrogen and oxygen atoms in total. The lowest BCUT2D eigenvalue weighted by Gasteiger charge is -2.30. The molecule has 6 atom stereocenters. The number of nitrogens with zero attached hydrogens (tertiary/aromatic N) is 2. The van der Waals surface area contributed by atoms with Crippen LogP contribution in [0.1, 0.15) is 6.23 Å². The fourth-order valence-electron chi connectivity index (χ4n) is 2.77. The molecule has 1 saturated heterocycles. The highest BCUT2D eigenvalue weighted by atomic mass is 35.5. The molecular weight excluding hydrogens is 523 g/mol. The first-order chi connectivity index (χ1) is 14.5. The van der Waals surface area contributed by atoms with Gasteiger partial charge in [0.2, 0.25) is 0 Å². The number of ether oxygens (including phenoxy) is 1. The van der Waals surface area contributed by atoms with E-state index < -0.39 is 65.5 Å². The minimum absolute atomic E-state index is 0.0868. The number of hydrogen-bond acceptors (Lipinski definition) is 11. The van der Waals surface area contributed by atoms with E-state index in [1.54, 1.807) is 0 Å². The summed E-state index contributed by atoms with van der Waals surface area (Å²) in [5, 5.41) is 10.7. The van der Waals surface area contributed by atoms with Crippen molar-refractivity contribution in [1.29, 1.82) is 0 Å². The molecule has 0 radical (unpaired) electrons. The van der Waals surface area contributed by atoms with Crippen LogP contribution < -0.4 is 11.4 Å². The molecule has 1 aromatic rings. The third-order valence-corrected chi connectivity index (χ3v) is 8.34. The van der Waals surface area contributed by atoms with Crippen molar-refractivity contribution in [2.24, 2.45) is 5.92 Å². The molecule has 1 aromatic heterocycles. The van der Waals surface area contributed by atoms with Crippen LogP contribution >= 0.6 is 35.1 Å². The maximum atomic E-state index is 12.2. The van der Waals surface area contributed by atoms with Gasteiger partial charge < -0.3 is 35.2 Å². The Kier molecular flexibility index (Phi) is 8.29. The van der Waals surface area contributed by atoms with Crippen LogP contribution in [0.25, 0.3) is 0 Å². The number of rotatable bonds is 10. The fourth-order valence-corrected chi connectivity index (χ4v) is 6.14. The van der Waals surface area contributed by atoms with Crippen molar-refractivity contribution >= 4 is 40.9 Å². The van der Waals surface area contributed by atoms with Crippen LogP contribution in [0.15, 0.2) is 29.7 Å². The van der Waals surface area contributed by atoms with E-state index in [4.69, 9.17) is 31.9 Å². The van der Waals surface area contributed by atoms with Gasteiger partial charge in [0, 0.05) is 6.20 Å². The number of anilines is 1. The summed E-state index contributed by atoms with van der Waals surface area (Å²) in [6.07, 6.45) is -0.409.